The van der Waals surface area contributed by atoms with Gasteiger partial charge in [0.1, 0.15) is 0 Å². The number of hydrogen-bond donors (Lipinski definition) is 0. The van der Waals surface area contributed by atoms with E-state index < -0.39 is 5.97 Å². The van der Waals surface area contributed by atoms with Crippen LogP contribution in [0.25, 0.3) is 0 Å². The van der Waals surface area contributed by atoms with Crippen LogP contribution in [0.2, 0.25) is 0 Å². The number of carboxylic acid groups (broad SMARTS) is 1. The minimum absolute atomic E-state index is 0.216. The molecule has 0 spiro atoms. The van der Waals surface area contributed by atoms with Crippen molar-refractivity contribution in [2.24, 2.45) is 0 Å². The van der Waals surface area contributed by atoms with Gasteiger partial charge in [0.25, 0.3) is 0 Å². The van der Waals surface area contributed by atoms with Crippen molar-refractivity contribution in [2.75, 3.05) is 26.7 Å². The number of nitrogens with zero attached hydrogens (tertiary/aromatic N) is 1. The van der Waals surface area contributed by atoms with E-state index in [0.29, 0.717) is 0 Å². The smallest absolute Gasteiger partial charge is 0.0784 e. The van der Waals surface area contributed by atoms with Crippen LogP contribution in [-0.4, -0.2) is 37.1 Å². The van der Waals surface area contributed by atoms with Gasteiger partial charge in [0.15, 0.2) is 0 Å². The molecule has 0 aromatic carbocycles. The first-order chi connectivity index (χ1) is 18.0. The zero-order valence-corrected chi connectivity index (χ0v) is 26.6. The molecule has 0 radical (unpaired) electrons. The van der Waals surface area contributed by atoms with E-state index in [9.17, 15) is 9.90 Å². The molecule has 0 saturated heterocycles. The molecule has 0 bridgehead atoms. The molecule has 0 aliphatic heterocycles. The lowest BCUT2D eigenvalue weighted by molar-refractivity contribution is -0.910. The van der Waals surface area contributed by atoms with Crippen LogP contribution in [0, 0.1) is 0 Å². The summed E-state index contributed by atoms with van der Waals surface area (Å²) in [4.78, 5) is 9.76. The van der Waals surface area contributed by atoms with Crippen LogP contribution in [0.5, 0.6) is 0 Å². The second-order valence-electron chi connectivity index (χ2n) is 12.0. The largest absolute Gasteiger partial charge is 0.550 e. The SMILES string of the molecule is CCCCCC(=O)[O-].CCCCCCCCC[N+](C)(CCCCCCCCC)CCCCCCCCC. The number of hydrogen-bond acceptors (Lipinski definition) is 2. The summed E-state index contributed by atoms with van der Waals surface area (Å²) in [5.74, 6) is -0.932. The van der Waals surface area contributed by atoms with Crippen molar-refractivity contribution in [1.29, 1.82) is 0 Å². The van der Waals surface area contributed by atoms with Gasteiger partial charge in [-0.25, -0.2) is 0 Å². The third kappa shape index (κ3) is 33.4. The van der Waals surface area contributed by atoms with Crippen LogP contribution in [0.15, 0.2) is 0 Å². The van der Waals surface area contributed by atoms with Crippen molar-refractivity contribution >= 4 is 5.97 Å². The van der Waals surface area contributed by atoms with Gasteiger partial charge in [-0.1, -0.05) is 137 Å². The number of carbonyl (C=O) groups is 1. The highest BCUT2D eigenvalue weighted by Crippen LogP contribution is 2.16. The number of aliphatic carboxylic acids is 1. The van der Waals surface area contributed by atoms with E-state index in [1.807, 2.05) is 6.92 Å². The monoisotopic (exact) mass is 526 g/mol. The minimum atomic E-state index is -0.932. The summed E-state index contributed by atoms with van der Waals surface area (Å²) < 4.78 is 1.36. The van der Waals surface area contributed by atoms with E-state index in [1.54, 1.807) is 0 Å². The first-order valence-corrected chi connectivity index (χ1v) is 17.0. The summed E-state index contributed by atoms with van der Waals surface area (Å²) >= 11 is 0. The van der Waals surface area contributed by atoms with Gasteiger partial charge < -0.3 is 14.4 Å². The number of quaternary nitrogens is 1. The Morgan fingerprint density at radius 2 is 0.676 bits per heavy atom. The van der Waals surface area contributed by atoms with E-state index in [4.69, 9.17) is 0 Å². The molecule has 0 atom stereocenters. The molecule has 0 aromatic heterocycles. The lowest BCUT2D eigenvalue weighted by Crippen LogP contribution is -2.46. The Balaban J connectivity index is 0. The zero-order chi connectivity index (χ0) is 27.9. The molecule has 224 valence electrons. The molecule has 0 aromatic rings. The van der Waals surface area contributed by atoms with E-state index >= 15 is 0 Å². The second-order valence-corrected chi connectivity index (χ2v) is 12.0. The molecule has 3 nitrogen and oxygen atoms in total. The standard InChI is InChI=1S/C28H60N.C6H12O2/c1-5-8-11-14-17-20-23-26-29(4,27-24-21-18-15-12-9-6-2)28-25-22-19-16-13-10-7-3;1-2-3-4-5-6(7)8/h5-28H2,1-4H3;2-5H2,1H3,(H,7,8)/q+1;/p-1. The van der Waals surface area contributed by atoms with Gasteiger partial charge in [0, 0.05) is 5.97 Å². The fraction of sp³-hybridized carbons (Fsp3) is 0.971. The lowest BCUT2D eigenvalue weighted by atomic mass is 10.1. The molecule has 0 N–H and O–H groups in total. The zero-order valence-electron chi connectivity index (χ0n) is 26.6. The summed E-state index contributed by atoms with van der Waals surface area (Å²) in [6, 6.07) is 0. The van der Waals surface area contributed by atoms with Gasteiger partial charge in [-0.15, -0.1) is 0 Å². The van der Waals surface area contributed by atoms with E-state index in [0.717, 1.165) is 19.3 Å². The van der Waals surface area contributed by atoms with Crippen molar-refractivity contribution in [2.45, 2.75) is 188 Å². The molecule has 0 amide bonds. The maximum atomic E-state index is 9.76. The van der Waals surface area contributed by atoms with Gasteiger partial charge in [-0.2, -0.15) is 0 Å². The molecule has 0 fully saturated rings. The first kappa shape index (κ1) is 38.6. The highest BCUT2D eigenvalue weighted by atomic mass is 16.4. The first-order valence-electron chi connectivity index (χ1n) is 17.0. The van der Waals surface area contributed by atoms with Gasteiger partial charge in [-0.3, -0.25) is 0 Å². The Hall–Kier alpha value is -0.570. The van der Waals surface area contributed by atoms with Crippen LogP contribution >= 0.6 is 0 Å². The molecule has 0 aliphatic carbocycles. The minimum Gasteiger partial charge on any atom is -0.550 e. The number of carbonyl (C=O) groups excluding carboxylic acids is 1. The summed E-state index contributed by atoms with van der Waals surface area (Å²) in [7, 11) is 2.57. The molecular weight excluding hydrogens is 454 g/mol. The molecule has 0 rings (SSSR count). The van der Waals surface area contributed by atoms with Crippen molar-refractivity contribution < 1.29 is 14.4 Å². The molecule has 0 saturated carbocycles. The van der Waals surface area contributed by atoms with Crippen LogP contribution in [0.1, 0.15) is 188 Å². The quantitative estimate of drug-likeness (QED) is 0.0753. The predicted octanol–water partition coefficient (Wildman–Crippen LogP) is 10.0. The fourth-order valence-corrected chi connectivity index (χ4v) is 5.21. The topological polar surface area (TPSA) is 40.1 Å². The van der Waals surface area contributed by atoms with Crippen LogP contribution in [-0.2, 0) is 4.79 Å². The highest BCUT2D eigenvalue weighted by molar-refractivity contribution is 5.63. The highest BCUT2D eigenvalue weighted by Gasteiger charge is 2.20. The van der Waals surface area contributed by atoms with Crippen LogP contribution in [0.3, 0.4) is 0 Å². The molecule has 37 heavy (non-hydrogen) atoms. The van der Waals surface area contributed by atoms with Gasteiger partial charge >= 0.3 is 0 Å². The third-order valence-electron chi connectivity index (χ3n) is 7.89. The van der Waals surface area contributed by atoms with Gasteiger partial charge in [0.05, 0.1) is 26.7 Å². The van der Waals surface area contributed by atoms with Crippen LogP contribution in [0.4, 0.5) is 0 Å². The average Bonchev–Trinajstić information content (AvgIpc) is 2.87. The van der Waals surface area contributed by atoms with Crippen molar-refractivity contribution in [3.05, 3.63) is 0 Å². The van der Waals surface area contributed by atoms with Crippen molar-refractivity contribution in [3.8, 4) is 0 Å². The summed E-state index contributed by atoms with van der Waals surface area (Å²) in [6.07, 6.45) is 33.4. The second kappa shape index (κ2) is 31.6. The third-order valence-corrected chi connectivity index (χ3v) is 7.89. The van der Waals surface area contributed by atoms with Gasteiger partial charge in [0.2, 0.25) is 0 Å². The van der Waals surface area contributed by atoms with E-state index in [2.05, 4.69) is 27.8 Å². The Morgan fingerprint density at radius 3 is 0.946 bits per heavy atom. The van der Waals surface area contributed by atoms with E-state index in [1.165, 1.54) is 159 Å². The van der Waals surface area contributed by atoms with Crippen molar-refractivity contribution in [1.82, 2.24) is 0 Å². The molecular formula is C34H71NO2. The maximum absolute atomic E-state index is 9.76. The predicted molar refractivity (Wildman–Crippen MR) is 164 cm³/mol. The maximum Gasteiger partial charge on any atom is 0.0784 e. The van der Waals surface area contributed by atoms with E-state index in [-0.39, 0.29) is 6.42 Å². The Morgan fingerprint density at radius 1 is 0.432 bits per heavy atom. The number of unbranched alkanes of at least 4 members (excludes halogenated alkanes) is 20. The normalized spacial score (nSPS) is 11.4. The Kier molecular flexibility index (Phi) is 33.0. The van der Waals surface area contributed by atoms with Crippen molar-refractivity contribution in [3.63, 3.8) is 0 Å². The number of rotatable bonds is 28. The summed E-state index contributed by atoms with van der Waals surface area (Å²) in [5.41, 5.74) is 0. The summed E-state index contributed by atoms with van der Waals surface area (Å²) in [6.45, 7) is 13.3. The summed E-state index contributed by atoms with van der Waals surface area (Å²) in [5, 5.41) is 9.76. The van der Waals surface area contributed by atoms with Crippen LogP contribution < -0.4 is 5.11 Å². The molecule has 0 unspecified atom stereocenters. The molecule has 0 aliphatic rings. The average molecular weight is 526 g/mol. The lowest BCUT2D eigenvalue weighted by Gasteiger charge is -2.35. The molecule has 0 heterocycles. The van der Waals surface area contributed by atoms with Gasteiger partial charge in [-0.05, 0) is 51.4 Å². The number of carboxylic acids is 1. The fourth-order valence-electron chi connectivity index (χ4n) is 5.21. The Bertz CT molecular complexity index is 392. The Labute approximate surface area is 235 Å². The molecule has 3 heteroatoms.